The van der Waals surface area contributed by atoms with Gasteiger partial charge in [-0.1, -0.05) is 13.8 Å². The first-order valence-electron chi connectivity index (χ1n) is 7.11. The van der Waals surface area contributed by atoms with Crippen molar-refractivity contribution in [2.45, 2.75) is 56.9 Å². The molecule has 0 bridgehead atoms. The molecule has 1 aliphatic rings. The Morgan fingerprint density at radius 1 is 1.53 bits per heavy atom. The third-order valence-corrected chi connectivity index (χ3v) is 5.31. The Bertz CT molecular complexity index is 294. The Hall–Kier alpha value is -0.260. The van der Waals surface area contributed by atoms with Gasteiger partial charge in [0.15, 0.2) is 0 Å². The monoisotopic (exact) mass is 289 g/mol. The van der Waals surface area contributed by atoms with E-state index >= 15 is 0 Å². The fourth-order valence-corrected chi connectivity index (χ4v) is 3.38. The van der Waals surface area contributed by atoms with Gasteiger partial charge < -0.3 is 15.2 Å². The van der Waals surface area contributed by atoms with Crippen molar-refractivity contribution in [1.82, 2.24) is 5.32 Å². The lowest BCUT2D eigenvalue weighted by Crippen LogP contribution is -2.57. The van der Waals surface area contributed by atoms with E-state index < -0.39 is 5.54 Å². The molecule has 3 atom stereocenters. The second-order valence-corrected chi connectivity index (χ2v) is 6.79. The van der Waals surface area contributed by atoms with Crippen LogP contribution in [0.4, 0.5) is 0 Å². The maximum atomic E-state index is 12.2. The number of ether oxygens (including phenoxy) is 1. The summed E-state index contributed by atoms with van der Waals surface area (Å²) in [6.07, 6.45) is 2.78. The Labute approximate surface area is 120 Å². The summed E-state index contributed by atoms with van der Waals surface area (Å²) >= 11 is 1.64. The van der Waals surface area contributed by atoms with Crippen molar-refractivity contribution in [1.29, 1.82) is 0 Å². The van der Waals surface area contributed by atoms with E-state index in [4.69, 9.17) is 4.74 Å². The van der Waals surface area contributed by atoms with E-state index in [1.807, 2.05) is 6.92 Å². The SMILES string of the molecule is CCCNC(CSC(C)C(C)O)(C(=O)OC)C1CC1. The van der Waals surface area contributed by atoms with Crippen LogP contribution in [-0.4, -0.2) is 47.4 Å². The molecule has 2 N–H and O–H groups in total. The van der Waals surface area contributed by atoms with E-state index in [1.54, 1.807) is 18.7 Å². The summed E-state index contributed by atoms with van der Waals surface area (Å²) in [5.41, 5.74) is -0.571. The van der Waals surface area contributed by atoms with Crippen LogP contribution in [0.15, 0.2) is 0 Å². The zero-order valence-corrected chi connectivity index (χ0v) is 13.3. The van der Waals surface area contributed by atoms with Gasteiger partial charge in [0.1, 0.15) is 5.54 Å². The van der Waals surface area contributed by atoms with E-state index in [9.17, 15) is 9.90 Å². The van der Waals surface area contributed by atoms with Crippen molar-refractivity contribution in [3.8, 4) is 0 Å². The molecule has 1 fully saturated rings. The highest BCUT2D eigenvalue weighted by Crippen LogP contribution is 2.42. The largest absolute Gasteiger partial charge is 0.468 e. The average molecular weight is 289 g/mol. The van der Waals surface area contributed by atoms with Crippen molar-refractivity contribution in [2.75, 3.05) is 19.4 Å². The first kappa shape index (κ1) is 16.8. The molecule has 0 aliphatic heterocycles. The maximum absolute atomic E-state index is 12.2. The number of rotatable bonds is 9. The van der Waals surface area contributed by atoms with Gasteiger partial charge in [-0.15, -0.1) is 0 Å². The smallest absolute Gasteiger partial charge is 0.327 e. The normalized spacial score (nSPS) is 21.5. The number of carbonyl (C=O) groups is 1. The molecule has 0 saturated heterocycles. The fourth-order valence-electron chi connectivity index (χ4n) is 2.12. The molecule has 0 aromatic carbocycles. The van der Waals surface area contributed by atoms with Crippen molar-refractivity contribution >= 4 is 17.7 Å². The number of aliphatic hydroxyl groups excluding tert-OH is 1. The Kier molecular flexibility index (Phi) is 6.63. The maximum Gasteiger partial charge on any atom is 0.327 e. The van der Waals surface area contributed by atoms with Gasteiger partial charge in [-0.05, 0) is 38.6 Å². The minimum absolute atomic E-state index is 0.117. The number of methoxy groups -OCH3 is 1. The van der Waals surface area contributed by atoms with Crippen LogP contribution < -0.4 is 5.32 Å². The second-order valence-electron chi connectivity index (χ2n) is 5.42. The minimum atomic E-state index is -0.571. The van der Waals surface area contributed by atoms with Gasteiger partial charge >= 0.3 is 5.97 Å². The third kappa shape index (κ3) is 4.36. The molecule has 1 saturated carbocycles. The lowest BCUT2D eigenvalue weighted by Gasteiger charge is -2.33. The Balaban J connectivity index is 2.74. The number of hydrogen-bond acceptors (Lipinski definition) is 5. The summed E-state index contributed by atoms with van der Waals surface area (Å²) in [5.74, 6) is 0.880. The molecule has 4 nitrogen and oxygen atoms in total. The van der Waals surface area contributed by atoms with E-state index in [0.29, 0.717) is 11.7 Å². The molecule has 0 heterocycles. The van der Waals surface area contributed by atoms with Crippen molar-refractivity contribution in [3.05, 3.63) is 0 Å². The summed E-state index contributed by atoms with van der Waals surface area (Å²) in [4.78, 5) is 12.2. The van der Waals surface area contributed by atoms with Crippen molar-refractivity contribution < 1.29 is 14.6 Å². The van der Waals surface area contributed by atoms with E-state index in [1.165, 1.54) is 7.11 Å². The predicted molar refractivity (Wildman–Crippen MR) is 79.4 cm³/mol. The van der Waals surface area contributed by atoms with Crippen LogP contribution in [-0.2, 0) is 9.53 Å². The van der Waals surface area contributed by atoms with Gasteiger partial charge in [0, 0.05) is 11.0 Å². The zero-order chi connectivity index (χ0) is 14.5. The predicted octanol–water partition coefficient (Wildman–Crippen LogP) is 1.81. The van der Waals surface area contributed by atoms with Crippen LogP contribution in [0.1, 0.15) is 40.0 Å². The highest BCUT2D eigenvalue weighted by molar-refractivity contribution is 8.00. The molecular formula is C14H27NO3S. The summed E-state index contributed by atoms with van der Waals surface area (Å²) in [7, 11) is 1.45. The second kappa shape index (κ2) is 7.50. The molecule has 0 aromatic heterocycles. The van der Waals surface area contributed by atoms with E-state index in [2.05, 4.69) is 12.2 Å². The highest BCUT2D eigenvalue weighted by Gasteiger charge is 2.51. The quantitative estimate of drug-likeness (QED) is 0.634. The molecule has 1 rings (SSSR count). The van der Waals surface area contributed by atoms with Crippen LogP contribution >= 0.6 is 11.8 Å². The minimum Gasteiger partial charge on any atom is -0.468 e. The van der Waals surface area contributed by atoms with Crippen LogP contribution in [0.2, 0.25) is 0 Å². The van der Waals surface area contributed by atoms with Gasteiger partial charge in [0.2, 0.25) is 0 Å². The molecule has 0 amide bonds. The topological polar surface area (TPSA) is 58.6 Å². The Morgan fingerprint density at radius 3 is 2.58 bits per heavy atom. The molecule has 1 aliphatic carbocycles. The van der Waals surface area contributed by atoms with E-state index in [0.717, 1.165) is 25.8 Å². The molecule has 5 heteroatoms. The van der Waals surface area contributed by atoms with Gasteiger partial charge in [-0.25, -0.2) is 0 Å². The van der Waals surface area contributed by atoms with Crippen LogP contribution in [0, 0.1) is 5.92 Å². The molecule has 19 heavy (non-hydrogen) atoms. The molecular weight excluding hydrogens is 262 g/mol. The first-order chi connectivity index (χ1) is 8.97. The zero-order valence-electron chi connectivity index (χ0n) is 12.4. The average Bonchev–Trinajstić information content (AvgIpc) is 3.22. The fraction of sp³-hybridized carbons (Fsp3) is 0.929. The molecule has 0 aromatic rings. The van der Waals surface area contributed by atoms with Crippen LogP contribution in [0.3, 0.4) is 0 Å². The van der Waals surface area contributed by atoms with Gasteiger partial charge in [0.25, 0.3) is 0 Å². The number of thioether (sulfide) groups is 1. The summed E-state index contributed by atoms with van der Waals surface area (Å²) in [6.45, 7) is 6.68. The molecule has 3 unspecified atom stereocenters. The molecule has 0 spiro atoms. The summed E-state index contributed by atoms with van der Waals surface area (Å²) < 4.78 is 5.03. The van der Waals surface area contributed by atoms with E-state index in [-0.39, 0.29) is 17.3 Å². The number of nitrogens with one attached hydrogen (secondary N) is 1. The van der Waals surface area contributed by atoms with Crippen molar-refractivity contribution in [3.63, 3.8) is 0 Å². The number of aliphatic hydroxyl groups is 1. The van der Waals surface area contributed by atoms with Crippen LogP contribution in [0.25, 0.3) is 0 Å². The molecule has 0 radical (unpaired) electrons. The standard InChI is InChI=1S/C14H27NO3S/c1-5-8-15-14(12-6-7-12,13(17)18-4)9-19-11(3)10(2)16/h10-12,15-16H,5-9H2,1-4H3. The number of esters is 1. The van der Waals surface area contributed by atoms with Gasteiger partial charge in [-0.3, -0.25) is 4.79 Å². The summed E-state index contributed by atoms with van der Waals surface area (Å²) in [5, 5.41) is 13.1. The van der Waals surface area contributed by atoms with Crippen LogP contribution in [0.5, 0.6) is 0 Å². The summed E-state index contributed by atoms with van der Waals surface area (Å²) in [6, 6.07) is 0. The Morgan fingerprint density at radius 2 is 2.16 bits per heavy atom. The lowest BCUT2D eigenvalue weighted by atomic mass is 9.95. The third-order valence-electron chi connectivity index (χ3n) is 3.77. The first-order valence-corrected chi connectivity index (χ1v) is 8.16. The number of carbonyl (C=O) groups excluding carboxylic acids is 1. The van der Waals surface area contributed by atoms with Gasteiger partial charge in [0.05, 0.1) is 13.2 Å². The van der Waals surface area contributed by atoms with Gasteiger partial charge in [-0.2, -0.15) is 11.8 Å². The highest BCUT2D eigenvalue weighted by atomic mass is 32.2. The van der Waals surface area contributed by atoms with Crippen molar-refractivity contribution in [2.24, 2.45) is 5.92 Å². The number of hydrogen-bond donors (Lipinski definition) is 2. The lowest BCUT2D eigenvalue weighted by molar-refractivity contribution is -0.148. The molecule has 112 valence electrons.